The Morgan fingerprint density at radius 1 is 1.07 bits per heavy atom. The molecule has 0 saturated heterocycles. The number of fused-ring (bicyclic) bond motifs is 1. The molecule has 3 rings (SSSR count). The maximum atomic E-state index is 12.0. The van der Waals surface area contributed by atoms with Crippen molar-refractivity contribution in [2.75, 3.05) is 7.11 Å². The van der Waals surface area contributed by atoms with E-state index in [4.69, 9.17) is 9.15 Å². The standard InChI is InChI=1S/C23H27NO3/c1-5-16-6-8-17(9-7-16)23(15(2)3)24-14-18-12-22(25)27-21-13-19(26-4)10-11-20(18)21/h6-13,15,23-24H,5,14H2,1-4H3/t23-/m0/s1. The smallest absolute Gasteiger partial charge is 0.336 e. The lowest BCUT2D eigenvalue weighted by atomic mass is 9.94. The quantitative estimate of drug-likeness (QED) is 0.608. The Kier molecular flexibility index (Phi) is 5.97. The lowest BCUT2D eigenvalue weighted by Crippen LogP contribution is -2.26. The molecule has 0 fully saturated rings. The molecule has 0 amide bonds. The second kappa shape index (κ2) is 8.40. The fourth-order valence-electron chi connectivity index (χ4n) is 3.40. The second-order valence-electron chi connectivity index (χ2n) is 7.15. The topological polar surface area (TPSA) is 51.5 Å². The van der Waals surface area contributed by atoms with Crippen molar-refractivity contribution >= 4 is 11.0 Å². The van der Waals surface area contributed by atoms with Crippen LogP contribution in [0.25, 0.3) is 11.0 Å². The fourth-order valence-corrected chi connectivity index (χ4v) is 3.40. The molecular weight excluding hydrogens is 338 g/mol. The van der Waals surface area contributed by atoms with Gasteiger partial charge in [-0.3, -0.25) is 0 Å². The molecule has 0 aliphatic heterocycles. The summed E-state index contributed by atoms with van der Waals surface area (Å²) in [6.45, 7) is 7.16. The summed E-state index contributed by atoms with van der Waals surface area (Å²) in [6, 6.07) is 16.1. The Labute approximate surface area is 160 Å². The Bertz CT molecular complexity index is 958. The lowest BCUT2D eigenvalue weighted by molar-refractivity contribution is 0.409. The summed E-state index contributed by atoms with van der Waals surface area (Å²) in [7, 11) is 1.60. The molecule has 0 bridgehead atoms. The first-order valence-electron chi connectivity index (χ1n) is 9.44. The summed E-state index contributed by atoms with van der Waals surface area (Å²) in [5.41, 5.74) is 3.73. The molecule has 142 valence electrons. The average molecular weight is 365 g/mol. The molecule has 0 aliphatic rings. The minimum absolute atomic E-state index is 0.205. The van der Waals surface area contributed by atoms with Crippen LogP contribution >= 0.6 is 0 Å². The maximum Gasteiger partial charge on any atom is 0.336 e. The summed E-state index contributed by atoms with van der Waals surface area (Å²) in [6.07, 6.45) is 1.04. The van der Waals surface area contributed by atoms with Crippen LogP contribution in [0.2, 0.25) is 0 Å². The summed E-state index contributed by atoms with van der Waals surface area (Å²) >= 11 is 0. The highest BCUT2D eigenvalue weighted by molar-refractivity contribution is 5.81. The van der Waals surface area contributed by atoms with E-state index in [0.29, 0.717) is 23.8 Å². The Morgan fingerprint density at radius 2 is 1.81 bits per heavy atom. The van der Waals surface area contributed by atoms with Crippen molar-refractivity contribution in [3.63, 3.8) is 0 Å². The van der Waals surface area contributed by atoms with Crippen LogP contribution in [0.5, 0.6) is 5.75 Å². The van der Waals surface area contributed by atoms with Crippen molar-refractivity contribution in [1.82, 2.24) is 5.32 Å². The van der Waals surface area contributed by atoms with E-state index in [9.17, 15) is 4.79 Å². The van der Waals surface area contributed by atoms with Crippen LogP contribution in [-0.2, 0) is 13.0 Å². The molecule has 0 radical (unpaired) electrons. The van der Waals surface area contributed by atoms with Crippen LogP contribution in [0.3, 0.4) is 0 Å². The van der Waals surface area contributed by atoms with Gasteiger partial charge in [0.25, 0.3) is 0 Å². The van der Waals surface area contributed by atoms with E-state index in [0.717, 1.165) is 17.4 Å². The second-order valence-corrected chi connectivity index (χ2v) is 7.15. The number of rotatable bonds is 7. The van der Waals surface area contributed by atoms with Gasteiger partial charge in [0.1, 0.15) is 11.3 Å². The SMILES string of the molecule is CCc1ccc([C@@H](NCc2cc(=O)oc3cc(OC)ccc23)C(C)C)cc1. The monoisotopic (exact) mass is 365 g/mol. The maximum absolute atomic E-state index is 12.0. The van der Waals surface area contributed by atoms with E-state index in [1.54, 1.807) is 19.2 Å². The molecule has 27 heavy (non-hydrogen) atoms. The zero-order chi connectivity index (χ0) is 19.4. The molecule has 2 aromatic carbocycles. The van der Waals surface area contributed by atoms with Gasteiger partial charge in [0.2, 0.25) is 0 Å². The average Bonchev–Trinajstić information content (AvgIpc) is 2.67. The predicted octanol–water partition coefficient (Wildman–Crippen LogP) is 4.85. The van der Waals surface area contributed by atoms with Crippen LogP contribution in [0.4, 0.5) is 0 Å². The molecule has 1 N–H and O–H groups in total. The van der Waals surface area contributed by atoms with Crippen LogP contribution < -0.4 is 15.7 Å². The molecular formula is C23H27NO3. The van der Waals surface area contributed by atoms with Gasteiger partial charge in [-0.25, -0.2) is 4.79 Å². The third-order valence-electron chi connectivity index (χ3n) is 4.96. The predicted molar refractivity (Wildman–Crippen MR) is 109 cm³/mol. The Morgan fingerprint density at radius 3 is 2.44 bits per heavy atom. The Hall–Kier alpha value is -2.59. The largest absolute Gasteiger partial charge is 0.497 e. The fraction of sp³-hybridized carbons (Fsp3) is 0.348. The minimum Gasteiger partial charge on any atom is -0.497 e. The lowest BCUT2D eigenvalue weighted by Gasteiger charge is -2.23. The van der Waals surface area contributed by atoms with E-state index < -0.39 is 0 Å². The van der Waals surface area contributed by atoms with Gasteiger partial charge in [0.05, 0.1) is 7.11 Å². The van der Waals surface area contributed by atoms with Crippen LogP contribution in [-0.4, -0.2) is 7.11 Å². The van der Waals surface area contributed by atoms with Gasteiger partial charge in [-0.15, -0.1) is 0 Å². The number of hydrogen-bond acceptors (Lipinski definition) is 4. The number of hydrogen-bond donors (Lipinski definition) is 1. The van der Waals surface area contributed by atoms with Gasteiger partial charge in [-0.05, 0) is 41.2 Å². The molecule has 0 unspecified atom stereocenters. The van der Waals surface area contributed by atoms with Crippen molar-refractivity contribution in [2.24, 2.45) is 5.92 Å². The normalized spacial score (nSPS) is 12.5. The highest BCUT2D eigenvalue weighted by Crippen LogP contribution is 2.25. The summed E-state index contributed by atoms with van der Waals surface area (Å²) in [4.78, 5) is 12.0. The van der Waals surface area contributed by atoms with Gasteiger partial charge in [-0.1, -0.05) is 45.0 Å². The number of methoxy groups -OCH3 is 1. The van der Waals surface area contributed by atoms with Crippen molar-refractivity contribution in [3.05, 3.63) is 75.6 Å². The van der Waals surface area contributed by atoms with Crippen molar-refractivity contribution < 1.29 is 9.15 Å². The minimum atomic E-state index is -0.346. The molecule has 0 aliphatic carbocycles. The first-order chi connectivity index (χ1) is 13.0. The molecule has 1 atom stereocenters. The van der Waals surface area contributed by atoms with Crippen LogP contribution in [0, 0.1) is 5.92 Å². The van der Waals surface area contributed by atoms with E-state index >= 15 is 0 Å². The number of aryl methyl sites for hydroxylation is 1. The third-order valence-corrected chi connectivity index (χ3v) is 4.96. The van der Waals surface area contributed by atoms with E-state index in [2.05, 4.69) is 50.4 Å². The summed E-state index contributed by atoms with van der Waals surface area (Å²) in [5.74, 6) is 1.09. The van der Waals surface area contributed by atoms with Crippen molar-refractivity contribution in [3.8, 4) is 5.75 Å². The molecule has 0 saturated carbocycles. The third kappa shape index (κ3) is 4.40. The van der Waals surface area contributed by atoms with Crippen LogP contribution in [0.1, 0.15) is 43.5 Å². The van der Waals surface area contributed by atoms with Crippen molar-refractivity contribution in [2.45, 2.75) is 39.8 Å². The number of nitrogens with one attached hydrogen (secondary N) is 1. The zero-order valence-corrected chi connectivity index (χ0v) is 16.4. The number of benzene rings is 2. The molecule has 0 spiro atoms. The first-order valence-corrected chi connectivity index (χ1v) is 9.44. The van der Waals surface area contributed by atoms with Crippen LogP contribution in [0.15, 0.2) is 57.7 Å². The van der Waals surface area contributed by atoms with E-state index in [-0.39, 0.29) is 11.7 Å². The van der Waals surface area contributed by atoms with Gasteiger partial charge >= 0.3 is 5.63 Å². The summed E-state index contributed by atoms with van der Waals surface area (Å²) < 4.78 is 10.6. The molecule has 4 heteroatoms. The van der Waals surface area contributed by atoms with Crippen molar-refractivity contribution in [1.29, 1.82) is 0 Å². The Balaban J connectivity index is 1.87. The number of ether oxygens (including phenoxy) is 1. The highest BCUT2D eigenvalue weighted by Gasteiger charge is 2.16. The zero-order valence-electron chi connectivity index (χ0n) is 16.4. The molecule has 3 aromatic rings. The summed E-state index contributed by atoms with van der Waals surface area (Å²) in [5, 5.41) is 4.55. The molecule has 1 aromatic heterocycles. The van der Waals surface area contributed by atoms with E-state index in [1.165, 1.54) is 11.1 Å². The van der Waals surface area contributed by atoms with Gasteiger partial charge < -0.3 is 14.5 Å². The van der Waals surface area contributed by atoms with Gasteiger partial charge in [0, 0.05) is 30.1 Å². The molecule has 4 nitrogen and oxygen atoms in total. The van der Waals surface area contributed by atoms with E-state index in [1.807, 2.05) is 12.1 Å². The molecule has 1 heterocycles. The van der Waals surface area contributed by atoms with Gasteiger partial charge in [-0.2, -0.15) is 0 Å². The highest BCUT2D eigenvalue weighted by atomic mass is 16.5. The van der Waals surface area contributed by atoms with Gasteiger partial charge in [0.15, 0.2) is 0 Å². The first kappa shape index (κ1) is 19.2.